The van der Waals surface area contributed by atoms with Crippen molar-refractivity contribution in [3.05, 3.63) is 59.9 Å². The van der Waals surface area contributed by atoms with Crippen LogP contribution in [0.4, 0.5) is 15.8 Å². The first-order chi connectivity index (χ1) is 12.9. The van der Waals surface area contributed by atoms with E-state index in [1.807, 2.05) is 0 Å². The minimum atomic E-state index is -0.514. The van der Waals surface area contributed by atoms with Gasteiger partial charge in [0, 0.05) is 25.1 Å². The van der Waals surface area contributed by atoms with E-state index in [0.717, 1.165) is 6.07 Å². The molecule has 0 bridgehead atoms. The van der Waals surface area contributed by atoms with E-state index in [-0.39, 0.29) is 36.4 Å². The Balaban J connectivity index is 1.82. The predicted octanol–water partition coefficient (Wildman–Crippen LogP) is 2.66. The SMILES string of the molecule is C[C@@H]1CC(=O)Nc2ccccc2N1C(=O)CN(C)C(=O)c1cccc(F)c1. The van der Waals surface area contributed by atoms with E-state index in [9.17, 15) is 18.8 Å². The van der Waals surface area contributed by atoms with Crippen molar-refractivity contribution in [3.8, 4) is 0 Å². The summed E-state index contributed by atoms with van der Waals surface area (Å²) in [6, 6.07) is 12.0. The summed E-state index contributed by atoms with van der Waals surface area (Å²) in [5.74, 6) is -1.46. The quantitative estimate of drug-likeness (QED) is 0.904. The summed E-state index contributed by atoms with van der Waals surface area (Å²) in [4.78, 5) is 40.2. The number of carbonyl (C=O) groups excluding carboxylic acids is 3. The lowest BCUT2D eigenvalue weighted by molar-refractivity contribution is -0.119. The first-order valence-corrected chi connectivity index (χ1v) is 8.59. The second-order valence-electron chi connectivity index (χ2n) is 6.55. The van der Waals surface area contributed by atoms with Crippen LogP contribution in [0.5, 0.6) is 0 Å². The molecule has 2 aromatic carbocycles. The van der Waals surface area contributed by atoms with E-state index in [4.69, 9.17) is 0 Å². The fourth-order valence-electron chi connectivity index (χ4n) is 3.16. The van der Waals surface area contributed by atoms with Gasteiger partial charge in [0.2, 0.25) is 11.8 Å². The number of nitrogens with zero attached hydrogens (tertiary/aromatic N) is 2. The third-order valence-corrected chi connectivity index (χ3v) is 4.42. The molecule has 0 aromatic heterocycles. The van der Waals surface area contributed by atoms with Crippen molar-refractivity contribution in [2.75, 3.05) is 23.8 Å². The summed E-state index contributed by atoms with van der Waals surface area (Å²) in [6.07, 6.45) is 0.155. The highest BCUT2D eigenvalue weighted by molar-refractivity contribution is 6.06. The number of nitrogens with one attached hydrogen (secondary N) is 1. The number of halogens is 1. The lowest BCUT2D eigenvalue weighted by Gasteiger charge is -2.29. The zero-order chi connectivity index (χ0) is 19.6. The van der Waals surface area contributed by atoms with Gasteiger partial charge in [-0.25, -0.2) is 4.39 Å². The van der Waals surface area contributed by atoms with Crippen LogP contribution in [0, 0.1) is 5.82 Å². The van der Waals surface area contributed by atoms with Crippen molar-refractivity contribution in [2.45, 2.75) is 19.4 Å². The molecule has 0 radical (unpaired) electrons. The second kappa shape index (κ2) is 7.57. The number of para-hydroxylation sites is 2. The first-order valence-electron chi connectivity index (χ1n) is 8.59. The van der Waals surface area contributed by atoms with E-state index in [0.29, 0.717) is 11.4 Å². The number of likely N-dealkylation sites (N-methyl/N-ethyl adjacent to an activating group) is 1. The van der Waals surface area contributed by atoms with Gasteiger partial charge in [-0.1, -0.05) is 18.2 Å². The number of anilines is 2. The largest absolute Gasteiger partial charge is 0.332 e. The van der Waals surface area contributed by atoms with Gasteiger partial charge in [0.05, 0.1) is 11.4 Å². The molecule has 1 atom stereocenters. The van der Waals surface area contributed by atoms with Crippen LogP contribution in [0.1, 0.15) is 23.7 Å². The Morgan fingerprint density at radius 3 is 2.70 bits per heavy atom. The maximum atomic E-state index is 13.4. The number of rotatable bonds is 3. The number of hydrogen-bond acceptors (Lipinski definition) is 3. The van der Waals surface area contributed by atoms with Crippen molar-refractivity contribution in [1.29, 1.82) is 0 Å². The van der Waals surface area contributed by atoms with Gasteiger partial charge in [-0.05, 0) is 37.3 Å². The van der Waals surface area contributed by atoms with Crippen molar-refractivity contribution >= 4 is 29.1 Å². The Kier molecular flexibility index (Phi) is 5.21. The number of carbonyl (C=O) groups is 3. The molecule has 0 saturated heterocycles. The standard InChI is InChI=1S/C20H20FN3O3/c1-13-10-18(25)22-16-8-3-4-9-17(16)24(13)19(26)12-23(2)20(27)14-6-5-7-15(21)11-14/h3-9,11,13H,10,12H2,1-2H3,(H,22,25)/t13-/m1/s1. The highest BCUT2D eigenvalue weighted by Gasteiger charge is 2.30. The lowest BCUT2D eigenvalue weighted by Crippen LogP contribution is -2.45. The van der Waals surface area contributed by atoms with Crippen molar-refractivity contribution < 1.29 is 18.8 Å². The molecule has 0 saturated carbocycles. The Bertz CT molecular complexity index is 900. The van der Waals surface area contributed by atoms with Crippen molar-refractivity contribution in [2.24, 2.45) is 0 Å². The van der Waals surface area contributed by atoms with Gasteiger partial charge in [0.1, 0.15) is 12.4 Å². The van der Waals surface area contributed by atoms with Crippen LogP contribution >= 0.6 is 0 Å². The molecule has 3 amide bonds. The summed E-state index contributed by atoms with van der Waals surface area (Å²) in [5, 5.41) is 2.79. The van der Waals surface area contributed by atoms with Gasteiger partial charge in [-0.3, -0.25) is 14.4 Å². The van der Waals surface area contributed by atoms with Crippen LogP contribution < -0.4 is 10.2 Å². The summed E-state index contributed by atoms with van der Waals surface area (Å²) in [6.45, 7) is 1.59. The maximum absolute atomic E-state index is 13.4. The van der Waals surface area contributed by atoms with E-state index >= 15 is 0 Å². The molecular formula is C20H20FN3O3. The summed E-state index contributed by atoms with van der Waals surface area (Å²) < 4.78 is 13.4. The third-order valence-electron chi connectivity index (χ3n) is 4.42. The van der Waals surface area contributed by atoms with E-state index in [1.165, 1.54) is 35.0 Å². The topological polar surface area (TPSA) is 69.7 Å². The van der Waals surface area contributed by atoms with Crippen LogP contribution in [0.2, 0.25) is 0 Å². The molecule has 1 N–H and O–H groups in total. The van der Waals surface area contributed by atoms with Gasteiger partial charge in [-0.2, -0.15) is 0 Å². The first kappa shape index (κ1) is 18.6. The molecule has 27 heavy (non-hydrogen) atoms. The van der Waals surface area contributed by atoms with Crippen LogP contribution in [-0.4, -0.2) is 42.3 Å². The zero-order valence-corrected chi connectivity index (χ0v) is 15.1. The monoisotopic (exact) mass is 369 g/mol. The molecule has 0 unspecified atom stereocenters. The van der Waals surface area contributed by atoms with Gasteiger partial charge >= 0.3 is 0 Å². The molecule has 6 nitrogen and oxygen atoms in total. The highest BCUT2D eigenvalue weighted by atomic mass is 19.1. The average Bonchev–Trinajstić information content (AvgIpc) is 2.75. The minimum Gasteiger partial charge on any atom is -0.332 e. The van der Waals surface area contributed by atoms with Crippen LogP contribution in [0.15, 0.2) is 48.5 Å². The fourth-order valence-corrected chi connectivity index (χ4v) is 3.16. The molecule has 0 aliphatic carbocycles. The Morgan fingerprint density at radius 2 is 1.96 bits per heavy atom. The summed E-state index contributed by atoms with van der Waals surface area (Å²) in [5.41, 5.74) is 1.32. The van der Waals surface area contributed by atoms with E-state index in [2.05, 4.69) is 5.32 Å². The number of fused-ring (bicyclic) bond motifs is 1. The molecule has 1 aliphatic rings. The fraction of sp³-hybridized carbons (Fsp3) is 0.250. The van der Waals surface area contributed by atoms with Gasteiger partial charge in [-0.15, -0.1) is 0 Å². The average molecular weight is 369 g/mol. The molecule has 7 heteroatoms. The highest BCUT2D eigenvalue weighted by Crippen LogP contribution is 2.31. The Labute approximate surface area is 156 Å². The second-order valence-corrected chi connectivity index (χ2v) is 6.55. The van der Waals surface area contributed by atoms with Crippen LogP contribution in [0.3, 0.4) is 0 Å². The van der Waals surface area contributed by atoms with Gasteiger partial charge < -0.3 is 15.1 Å². The maximum Gasteiger partial charge on any atom is 0.254 e. The predicted molar refractivity (Wildman–Crippen MR) is 100.0 cm³/mol. The lowest BCUT2D eigenvalue weighted by atomic mass is 10.1. The number of hydrogen-bond donors (Lipinski definition) is 1. The van der Waals surface area contributed by atoms with Gasteiger partial charge in [0.15, 0.2) is 0 Å². The number of benzene rings is 2. The van der Waals surface area contributed by atoms with Crippen LogP contribution in [-0.2, 0) is 9.59 Å². The smallest absolute Gasteiger partial charge is 0.254 e. The van der Waals surface area contributed by atoms with E-state index in [1.54, 1.807) is 31.2 Å². The molecule has 140 valence electrons. The molecular weight excluding hydrogens is 349 g/mol. The molecule has 1 heterocycles. The van der Waals surface area contributed by atoms with Gasteiger partial charge in [0.25, 0.3) is 5.91 Å². The number of amides is 3. The molecule has 0 spiro atoms. The minimum absolute atomic E-state index is 0.155. The Hall–Kier alpha value is -3.22. The molecule has 0 fully saturated rings. The Morgan fingerprint density at radius 1 is 1.22 bits per heavy atom. The zero-order valence-electron chi connectivity index (χ0n) is 15.1. The normalized spacial score (nSPS) is 16.2. The van der Waals surface area contributed by atoms with Crippen molar-refractivity contribution in [3.63, 3.8) is 0 Å². The molecule has 1 aliphatic heterocycles. The van der Waals surface area contributed by atoms with E-state index < -0.39 is 11.7 Å². The molecule has 2 aromatic rings. The molecule has 3 rings (SSSR count). The van der Waals surface area contributed by atoms with Crippen LogP contribution in [0.25, 0.3) is 0 Å². The third kappa shape index (κ3) is 3.97. The summed E-state index contributed by atoms with van der Waals surface area (Å²) >= 11 is 0. The summed E-state index contributed by atoms with van der Waals surface area (Å²) in [7, 11) is 1.49. The van der Waals surface area contributed by atoms with Crippen molar-refractivity contribution in [1.82, 2.24) is 4.90 Å².